The van der Waals surface area contributed by atoms with Crippen LogP contribution in [0.5, 0.6) is 0 Å². The van der Waals surface area contributed by atoms with Gasteiger partial charge in [0.15, 0.2) is 0 Å². The van der Waals surface area contributed by atoms with Crippen LogP contribution in [0.3, 0.4) is 0 Å². The minimum Gasteiger partial charge on any atom is -0.344 e. The van der Waals surface area contributed by atoms with Crippen molar-refractivity contribution in [2.45, 2.75) is 68.9 Å². The number of carbonyl (C=O) groups excluding carboxylic acids is 1. The van der Waals surface area contributed by atoms with Gasteiger partial charge in [0.25, 0.3) is 0 Å². The van der Waals surface area contributed by atoms with E-state index in [2.05, 4.69) is 28.4 Å². The van der Waals surface area contributed by atoms with Crippen molar-refractivity contribution in [3.8, 4) is 0 Å². The van der Waals surface area contributed by atoms with Crippen LogP contribution in [0.15, 0.2) is 12.1 Å². The molecule has 3 nitrogen and oxygen atoms in total. The van der Waals surface area contributed by atoms with E-state index in [1.807, 2.05) is 11.9 Å². The summed E-state index contributed by atoms with van der Waals surface area (Å²) in [6, 6.07) is 5.29. The first-order chi connectivity index (χ1) is 11.7. The van der Waals surface area contributed by atoms with Crippen molar-refractivity contribution in [2.75, 3.05) is 20.1 Å². The molecule has 1 aromatic heterocycles. The summed E-state index contributed by atoms with van der Waals surface area (Å²) in [5.41, 5.74) is -0.144. The lowest BCUT2D eigenvalue weighted by atomic mass is 9.85. The molecular formula is C20H28N2OS. The molecule has 4 aliphatic rings. The zero-order valence-corrected chi connectivity index (χ0v) is 15.5. The molecule has 4 fully saturated rings. The van der Waals surface area contributed by atoms with Crippen molar-refractivity contribution in [1.29, 1.82) is 0 Å². The Morgan fingerprint density at radius 1 is 1.12 bits per heavy atom. The number of hydrogen-bond acceptors (Lipinski definition) is 3. The lowest BCUT2D eigenvalue weighted by Crippen LogP contribution is -2.49. The minimum atomic E-state index is -0.144. The molecule has 0 unspecified atom stereocenters. The first kappa shape index (κ1) is 15.4. The number of likely N-dealkylation sites (N-methyl/N-ethyl adjacent to an activating group) is 1. The van der Waals surface area contributed by atoms with Crippen molar-refractivity contribution in [2.24, 2.45) is 5.92 Å². The Hall–Kier alpha value is -0.870. The van der Waals surface area contributed by atoms with Crippen molar-refractivity contribution in [1.82, 2.24) is 9.80 Å². The van der Waals surface area contributed by atoms with Gasteiger partial charge in [-0.2, -0.15) is 0 Å². The average molecular weight is 345 g/mol. The summed E-state index contributed by atoms with van der Waals surface area (Å²) in [7, 11) is 1.99. The summed E-state index contributed by atoms with van der Waals surface area (Å²) >= 11 is 2.06. The zero-order chi connectivity index (χ0) is 16.3. The van der Waals surface area contributed by atoms with Crippen molar-refractivity contribution in [3.05, 3.63) is 21.9 Å². The van der Waals surface area contributed by atoms with Gasteiger partial charge in [0, 0.05) is 35.3 Å². The lowest BCUT2D eigenvalue weighted by Gasteiger charge is -2.32. The standard InChI is InChI=1S/C20H28N2OS/c1-21-13-15-12-16(22-11-5-10-20(15,22)19(21)23)18-9-8-17(24-18)14-6-3-2-4-7-14/h8-9,14-16H,2-7,10-13H2,1H3/t15-,16-,20-/m0/s1. The van der Waals surface area contributed by atoms with E-state index >= 15 is 0 Å². The SMILES string of the molecule is CN1C[C@@H]2C[C@@H](c3ccc(C4CCCCC4)s3)N3CCC[C@@]23C1=O. The number of amides is 1. The van der Waals surface area contributed by atoms with Crippen LogP contribution in [0.1, 0.15) is 73.1 Å². The van der Waals surface area contributed by atoms with Crippen LogP contribution in [-0.2, 0) is 4.79 Å². The molecule has 1 spiro atoms. The second-order valence-electron chi connectivity index (χ2n) is 8.43. The number of carbonyl (C=O) groups is 1. The minimum absolute atomic E-state index is 0.144. The largest absolute Gasteiger partial charge is 0.344 e. The molecule has 0 aromatic carbocycles. The average Bonchev–Trinajstić information content (AvgIpc) is 3.33. The highest BCUT2D eigenvalue weighted by Gasteiger charge is 2.64. The van der Waals surface area contributed by atoms with Gasteiger partial charge in [-0.25, -0.2) is 0 Å². The molecule has 5 rings (SSSR count). The Morgan fingerprint density at radius 3 is 2.75 bits per heavy atom. The fraction of sp³-hybridized carbons (Fsp3) is 0.750. The molecule has 1 saturated carbocycles. The molecule has 0 N–H and O–H groups in total. The highest BCUT2D eigenvalue weighted by atomic mass is 32.1. The molecule has 3 aliphatic heterocycles. The third kappa shape index (κ3) is 2.02. The summed E-state index contributed by atoms with van der Waals surface area (Å²) < 4.78 is 0. The molecule has 4 heteroatoms. The second kappa shape index (κ2) is 5.57. The Labute approximate surface area is 149 Å². The van der Waals surface area contributed by atoms with Gasteiger partial charge in [0.1, 0.15) is 5.54 Å². The van der Waals surface area contributed by atoms with Crippen molar-refractivity contribution in [3.63, 3.8) is 0 Å². The van der Waals surface area contributed by atoms with Crippen LogP contribution in [0.25, 0.3) is 0 Å². The van der Waals surface area contributed by atoms with Crippen LogP contribution in [0.2, 0.25) is 0 Å². The summed E-state index contributed by atoms with van der Waals surface area (Å²) in [4.78, 5) is 20.6. The van der Waals surface area contributed by atoms with Gasteiger partial charge in [-0.15, -0.1) is 11.3 Å². The zero-order valence-electron chi connectivity index (χ0n) is 14.7. The molecule has 1 amide bonds. The third-order valence-electron chi connectivity index (χ3n) is 7.22. The summed E-state index contributed by atoms with van der Waals surface area (Å²) in [5.74, 6) is 1.75. The van der Waals surface area contributed by atoms with Crippen LogP contribution < -0.4 is 0 Å². The van der Waals surface area contributed by atoms with Gasteiger partial charge in [0.2, 0.25) is 5.91 Å². The van der Waals surface area contributed by atoms with E-state index in [1.54, 1.807) is 4.88 Å². The first-order valence-corrected chi connectivity index (χ1v) is 10.6. The lowest BCUT2D eigenvalue weighted by molar-refractivity contribution is -0.135. The number of hydrogen-bond donors (Lipinski definition) is 0. The smallest absolute Gasteiger partial charge is 0.243 e. The maximum absolute atomic E-state index is 12.9. The van der Waals surface area contributed by atoms with E-state index in [0.29, 0.717) is 17.9 Å². The molecule has 3 saturated heterocycles. The van der Waals surface area contributed by atoms with E-state index in [9.17, 15) is 4.79 Å². The normalized spacial score (nSPS) is 37.2. The maximum Gasteiger partial charge on any atom is 0.243 e. The number of rotatable bonds is 2. The predicted molar refractivity (Wildman–Crippen MR) is 97.3 cm³/mol. The molecule has 1 aliphatic carbocycles. The van der Waals surface area contributed by atoms with E-state index in [1.165, 1.54) is 49.8 Å². The van der Waals surface area contributed by atoms with E-state index in [0.717, 1.165) is 25.4 Å². The van der Waals surface area contributed by atoms with Crippen molar-refractivity contribution >= 4 is 17.2 Å². The maximum atomic E-state index is 12.9. The summed E-state index contributed by atoms with van der Waals surface area (Å²) in [6.45, 7) is 2.07. The second-order valence-corrected chi connectivity index (χ2v) is 9.58. The predicted octanol–water partition coefficient (Wildman–Crippen LogP) is 4.16. The Balaban J connectivity index is 1.43. The highest BCUT2D eigenvalue weighted by molar-refractivity contribution is 7.12. The molecule has 24 heavy (non-hydrogen) atoms. The fourth-order valence-electron chi connectivity index (χ4n) is 6.12. The molecule has 0 bridgehead atoms. The number of likely N-dealkylation sites (tertiary alicyclic amines) is 1. The van der Waals surface area contributed by atoms with E-state index < -0.39 is 0 Å². The number of thiophene rings is 1. The molecule has 4 heterocycles. The van der Waals surface area contributed by atoms with Gasteiger partial charge < -0.3 is 4.90 Å². The molecule has 3 atom stereocenters. The Morgan fingerprint density at radius 2 is 1.92 bits per heavy atom. The van der Waals surface area contributed by atoms with Gasteiger partial charge in [-0.05, 0) is 56.7 Å². The van der Waals surface area contributed by atoms with E-state index in [-0.39, 0.29) is 5.54 Å². The number of nitrogens with zero attached hydrogens (tertiary/aromatic N) is 2. The van der Waals surface area contributed by atoms with Gasteiger partial charge in [-0.1, -0.05) is 19.3 Å². The first-order valence-electron chi connectivity index (χ1n) is 9.82. The third-order valence-corrected chi connectivity index (χ3v) is 8.57. The van der Waals surface area contributed by atoms with Crippen molar-refractivity contribution < 1.29 is 4.79 Å². The summed E-state index contributed by atoms with van der Waals surface area (Å²) in [6.07, 6.45) is 10.4. The Bertz CT molecular complexity index is 650. The van der Waals surface area contributed by atoms with Crippen LogP contribution >= 0.6 is 11.3 Å². The Kier molecular flexibility index (Phi) is 3.57. The monoisotopic (exact) mass is 344 g/mol. The van der Waals surface area contributed by atoms with Gasteiger partial charge in [0.05, 0.1) is 0 Å². The summed E-state index contributed by atoms with van der Waals surface area (Å²) in [5, 5.41) is 0. The topological polar surface area (TPSA) is 23.6 Å². The molecular weight excluding hydrogens is 316 g/mol. The van der Waals surface area contributed by atoms with E-state index in [4.69, 9.17) is 0 Å². The van der Waals surface area contributed by atoms with Gasteiger partial charge in [-0.3, -0.25) is 9.69 Å². The highest BCUT2D eigenvalue weighted by Crippen LogP contribution is 2.56. The van der Waals surface area contributed by atoms with Crippen LogP contribution in [0, 0.1) is 5.92 Å². The molecule has 130 valence electrons. The van der Waals surface area contributed by atoms with Gasteiger partial charge >= 0.3 is 0 Å². The van der Waals surface area contributed by atoms with Crippen LogP contribution in [-0.4, -0.2) is 41.4 Å². The molecule has 1 aromatic rings. The fourth-order valence-corrected chi connectivity index (χ4v) is 7.43. The van der Waals surface area contributed by atoms with Crippen LogP contribution in [0.4, 0.5) is 0 Å². The molecule has 0 radical (unpaired) electrons. The quantitative estimate of drug-likeness (QED) is 0.804.